The second-order valence-corrected chi connectivity index (χ2v) is 8.33. The highest BCUT2D eigenvalue weighted by molar-refractivity contribution is 5.39. The lowest BCUT2D eigenvalue weighted by molar-refractivity contribution is -0.450. The number of ether oxygens (including phenoxy) is 3. The van der Waals surface area contributed by atoms with Crippen LogP contribution in [-0.2, 0) is 14.2 Å². The molecule has 2 saturated heterocycles. The Bertz CT molecular complexity index is 1170. The van der Waals surface area contributed by atoms with Crippen molar-refractivity contribution in [3.05, 3.63) is 23.8 Å². The first-order valence-electron chi connectivity index (χ1n) is 9.64. The molecule has 29 heteroatoms. The summed E-state index contributed by atoms with van der Waals surface area (Å²) in [4.78, 5) is 0. The zero-order valence-corrected chi connectivity index (χ0v) is 19.1. The lowest BCUT2D eigenvalue weighted by Crippen LogP contribution is -2.78. The highest BCUT2D eigenvalue weighted by Gasteiger charge is 3.05. The van der Waals surface area contributed by atoms with Crippen LogP contribution in [0, 0.1) is 0 Å². The molecule has 2 heterocycles. The summed E-state index contributed by atoms with van der Waals surface area (Å²) >= 11 is 0. The Morgan fingerprint density at radius 3 is 0.733 bits per heavy atom. The Labute approximate surface area is 224 Å². The Kier molecular flexibility index (Phi) is 8.22. The van der Waals surface area contributed by atoms with E-state index in [2.05, 4.69) is 0 Å². The quantitative estimate of drug-likeness (QED) is 0.166. The van der Waals surface area contributed by atoms with E-state index in [9.17, 15) is 114 Å². The molecule has 2 aliphatic heterocycles. The molecular weight excluding hydrogens is 734 g/mol. The summed E-state index contributed by atoms with van der Waals surface area (Å²) in [5, 5.41) is 0. The maximum Gasteiger partial charge on any atom is 0.460 e. The van der Waals surface area contributed by atoms with Crippen molar-refractivity contribution in [2.24, 2.45) is 0 Å². The van der Waals surface area contributed by atoms with Gasteiger partial charge < -0.3 is 4.74 Å². The molecule has 0 aromatic rings. The molecule has 0 saturated carbocycles. The predicted molar refractivity (Wildman–Crippen MR) is 78.9 cm³/mol. The Morgan fingerprint density at radius 1 is 0.400 bits per heavy atom. The van der Waals surface area contributed by atoms with Crippen LogP contribution in [0.15, 0.2) is 23.8 Å². The van der Waals surface area contributed by atoms with Gasteiger partial charge in [-0.3, -0.25) is 9.47 Å². The minimum atomic E-state index is -9.26. The third-order valence-corrected chi connectivity index (χ3v) is 5.75. The number of halogens is 26. The third-order valence-electron chi connectivity index (χ3n) is 5.75. The summed E-state index contributed by atoms with van der Waals surface area (Å²) in [5.41, 5.74) is -17.6. The van der Waals surface area contributed by atoms with E-state index < -0.39 is 95.0 Å². The van der Waals surface area contributed by atoms with Crippen molar-refractivity contribution in [1.29, 1.82) is 0 Å². The molecule has 0 aromatic carbocycles. The largest absolute Gasteiger partial charge is 0.460 e. The van der Waals surface area contributed by atoms with E-state index in [-0.39, 0.29) is 0 Å². The van der Waals surface area contributed by atoms with Crippen LogP contribution >= 0.6 is 0 Å². The van der Waals surface area contributed by atoms with Crippen molar-refractivity contribution in [3.8, 4) is 0 Å². The highest BCUT2D eigenvalue weighted by Crippen LogP contribution is 2.75. The highest BCUT2D eigenvalue weighted by atomic mass is 19.4. The molecule has 0 aromatic heterocycles. The maximum absolute atomic E-state index is 14.9. The molecule has 4 unspecified atom stereocenters. The van der Waals surface area contributed by atoms with Gasteiger partial charge in [-0.2, -0.15) is 105 Å². The van der Waals surface area contributed by atoms with Crippen LogP contribution < -0.4 is 0 Å². The van der Waals surface area contributed by atoms with Crippen molar-refractivity contribution in [2.45, 2.75) is 71.2 Å². The normalized spacial score (nSPS) is 28.1. The Hall–Kier alpha value is -2.46. The molecule has 2 aliphatic rings. The molecule has 0 N–H and O–H groups in total. The summed E-state index contributed by atoms with van der Waals surface area (Å²) in [6.45, 7) is 0. The van der Waals surface area contributed by atoms with Crippen LogP contribution in [0.25, 0.3) is 0 Å². The van der Waals surface area contributed by atoms with Gasteiger partial charge in [-0.1, -0.05) is 0 Å². The first-order chi connectivity index (χ1) is 19.3. The summed E-state index contributed by atoms with van der Waals surface area (Å²) in [7, 11) is 0. The lowest BCUT2D eigenvalue weighted by Gasteiger charge is -2.49. The molecule has 3 nitrogen and oxygen atoms in total. The number of epoxide rings is 2. The van der Waals surface area contributed by atoms with Gasteiger partial charge in [0.15, 0.2) is 0 Å². The molecule has 2 fully saturated rings. The molecule has 0 radical (unpaired) electrons. The van der Waals surface area contributed by atoms with Crippen LogP contribution in [0.1, 0.15) is 0 Å². The Balaban J connectivity index is 3.49. The minimum Gasteiger partial charge on any atom is -0.330 e. The number of hydrogen-bond acceptors (Lipinski definition) is 3. The molecule has 4 atom stereocenters. The second-order valence-electron chi connectivity index (χ2n) is 8.33. The summed E-state index contributed by atoms with van der Waals surface area (Å²) in [6, 6.07) is 0. The zero-order chi connectivity index (χ0) is 36.4. The van der Waals surface area contributed by atoms with Crippen LogP contribution in [0.3, 0.4) is 0 Å². The smallest absolute Gasteiger partial charge is 0.330 e. The third kappa shape index (κ3) is 4.40. The van der Waals surface area contributed by atoms with Crippen molar-refractivity contribution in [1.82, 2.24) is 0 Å². The zero-order valence-electron chi connectivity index (χ0n) is 19.1. The van der Waals surface area contributed by atoms with Crippen LogP contribution in [0.2, 0.25) is 0 Å². The van der Waals surface area contributed by atoms with Crippen molar-refractivity contribution >= 4 is 0 Å². The van der Waals surface area contributed by atoms with Gasteiger partial charge in [0.05, 0.1) is 0 Å². The van der Waals surface area contributed by atoms with E-state index in [4.69, 9.17) is 0 Å². The number of hydrogen-bond donors (Lipinski definition) is 0. The number of rotatable bonds is 10. The molecule has 0 bridgehead atoms. The van der Waals surface area contributed by atoms with E-state index in [1.165, 1.54) is 0 Å². The maximum atomic E-state index is 14.9. The predicted octanol–water partition coefficient (Wildman–Crippen LogP) is 8.88. The fourth-order valence-corrected chi connectivity index (χ4v) is 3.46. The average Bonchev–Trinajstić information content (AvgIpc) is 3.55. The van der Waals surface area contributed by atoms with Crippen LogP contribution in [0.5, 0.6) is 0 Å². The molecular formula is C16F26O3. The van der Waals surface area contributed by atoms with Crippen LogP contribution in [-0.4, -0.2) is 71.2 Å². The van der Waals surface area contributed by atoms with E-state index in [0.29, 0.717) is 0 Å². The Morgan fingerprint density at radius 2 is 0.600 bits per heavy atom. The molecule has 0 spiro atoms. The van der Waals surface area contributed by atoms with Gasteiger partial charge >= 0.3 is 72.1 Å². The standard InChI is InChI=1S/C16F26O3/c17-1(3(19)20)5(11(31)15(39,40)44-11,7(23,24)9(27,28)13(33,34)35)43-6(2(18)4(21)22,12(32)16(41,42)45-12)8(25,26)10(29,30)14(36,37)38. The lowest BCUT2D eigenvalue weighted by atomic mass is 9.78. The van der Waals surface area contributed by atoms with Gasteiger partial charge in [-0.25, -0.2) is 8.78 Å². The van der Waals surface area contributed by atoms with E-state index in [1.54, 1.807) is 0 Å². The molecule has 2 rings (SSSR count). The molecule has 264 valence electrons. The fraction of sp³-hybridized carbons (Fsp3) is 0.750. The van der Waals surface area contributed by atoms with Gasteiger partial charge in [-0.15, -0.1) is 0 Å². The van der Waals surface area contributed by atoms with Gasteiger partial charge in [0.2, 0.25) is 11.7 Å². The molecule has 0 aliphatic carbocycles. The summed E-state index contributed by atoms with van der Waals surface area (Å²) in [6.07, 6.45) is -41.9. The van der Waals surface area contributed by atoms with E-state index >= 15 is 0 Å². The van der Waals surface area contributed by atoms with Gasteiger partial charge in [0.1, 0.15) is 0 Å². The van der Waals surface area contributed by atoms with Crippen molar-refractivity contribution in [3.63, 3.8) is 0 Å². The fourth-order valence-electron chi connectivity index (χ4n) is 3.46. The summed E-state index contributed by atoms with van der Waals surface area (Å²) in [5.74, 6) is -63.5. The first kappa shape index (κ1) is 38.7. The minimum absolute atomic E-state index is 1.84. The summed E-state index contributed by atoms with van der Waals surface area (Å²) < 4.78 is 363. The van der Waals surface area contributed by atoms with Gasteiger partial charge in [-0.05, 0) is 0 Å². The number of alkyl halides is 20. The van der Waals surface area contributed by atoms with Crippen molar-refractivity contribution < 1.29 is 128 Å². The van der Waals surface area contributed by atoms with Gasteiger partial charge in [0.25, 0.3) is 11.2 Å². The van der Waals surface area contributed by atoms with E-state index in [0.717, 1.165) is 0 Å². The van der Waals surface area contributed by atoms with Gasteiger partial charge in [0, 0.05) is 0 Å². The average molecular weight is 734 g/mol. The topological polar surface area (TPSA) is 34.3 Å². The van der Waals surface area contributed by atoms with E-state index in [1.807, 2.05) is 14.2 Å². The molecule has 45 heavy (non-hydrogen) atoms. The monoisotopic (exact) mass is 734 g/mol. The first-order valence-corrected chi connectivity index (χ1v) is 9.64. The molecule has 0 amide bonds. The van der Waals surface area contributed by atoms with Crippen molar-refractivity contribution in [2.75, 3.05) is 0 Å². The second kappa shape index (κ2) is 9.55. The van der Waals surface area contributed by atoms with Crippen LogP contribution in [0.4, 0.5) is 114 Å². The SMILES string of the molecule is FC(F)=C(F)C(OC(C(F)=C(F)F)(C(F)(F)C(F)(F)C(F)(F)F)C1(F)OC1(F)F)(C(F)(F)C(F)(F)C(F)(F)F)C1(F)OC1(F)F.